The topological polar surface area (TPSA) is 111 Å². The molecule has 0 spiro atoms. The summed E-state index contributed by atoms with van der Waals surface area (Å²) in [5, 5.41) is 9.84. The van der Waals surface area contributed by atoms with Gasteiger partial charge in [-0.2, -0.15) is 0 Å². The number of likely N-dealkylation sites (tertiary alicyclic amines) is 1. The van der Waals surface area contributed by atoms with Crippen molar-refractivity contribution >= 4 is 11.8 Å². The van der Waals surface area contributed by atoms with E-state index in [1.54, 1.807) is 13.8 Å². The van der Waals surface area contributed by atoms with Gasteiger partial charge >= 0.3 is 6.36 Å². The van der Waals surface area contributed by atoms with E-state index in [9.17, 15) is 27.9 Å². The molecule has 0 radical (unpaired) electrons. The number of nitrogens with two attached hydrogens (primary N) is 1. The van der Waals surface area contributed by atoms with Crippen LogP contribution in [0.15, 0.2) is 42.5 Å². The summed E-state index contributed by atoms with van der Waals surface area (Å²) in [7, 11) is 0. The van der Waals surface area contributed by atoms with Crippen LogP contribution in [0.5, 0.6) is 17.2 Å². The lowest BCUT2D eigenvalue weighted by Gasteiger charge is -2.35. The molecule has 37 heavy (non-hydrogen) atoms. The lowest BCUT2D eigenvalue weighted by Crippen LogP contribution is -2.49. The van der Waals surface area contributed by atoms with Gasteiger partial charge < -0.3 is 30.0 Å². The molecule has 3 rings (SSSR count). The van der Waals surface area contributed by atoms with Crippen molar-refractivity contribution in [3.05, 3.63) is 53.6 Å². The number of benzene rings is 2. The molecule has 1 aliphatic heterocycles. The number of primary amides is 1. The first-order valence-electron chi connectivity index (χ1n) is 11.4. The van der Waals surface area contributed by atoms with Crippen molar-refractivity contribution < 1.29 is 46.5 Å². The fourth-order valence-electron chi connectivity index (χ4n) is 3.65. The maximum atomic E-state index is 15.0. The van der Waals surface area contributed by atoms with Crippen LogP contribution in [0.3, 0.4) is 0 Å². The summed E-state index contributed by atoms with van der Waals surface area (Å²) in [6.45, 7) is 2.98. The number of alkyl halides is 4. The van der Waals surface area contributed by atoms with E-state index in [-0.39, 0.29) is 49.6 Å². The fraction of sp³-hybridized carbons (Fsp3) is 0.440. The SMILES string of the molecule is CC(C)(O)COc1ccc(C(N)=O)c(O[C@H]2CCN(C(=O)Cc3ccc(OC(F)(F)F)cc3)C[C@@H]2F)c1. The van der Waals surface area contributed by atoms with Gasteiger partial charge in [0.2, 0.25) is 5.91 Å². The van der Waals surface area contributed by atoms with E-state index in [1.165, 1.54) is 35.2 Å². The number of piperidine rings is 1. The highest BCUT2D eigenvalue weighted by Crippen LogP contribution is 2.29. The summed E-state index contributed by atoms with van der Waals surface area (Å²) in [4.78, 5) is 25.8. The first-order chi connectivity index (χ1) is 17.2. The number of rotatable bonds is 9. The Kier molecular flexibility index (Phi) is 8.52. The number of amides is 2. The number of carbonyl (C=O) groups excluding carboxylic acids is 2. The quantitative estimate of drug-likeness (QED) is 0.483. The first-order valence-corrected chi connectivity index (χ1v) is 11.4. The fourth-order valence-corrected chi connectivity index (χ4v) is 3.65. The number of hydrogen-bond donors (Lipinski definition) is 2. The number of nitrogens with zero attached hydrogens (tertiary/aromatic N) is 1. The maximum absolute atomic E-state index is 15.0. The van der Waals surface area contributed by atoms with Crippen molar-refractivity contribution in [1.29, 1.82) is 0 Å². The normalized spacial score (nSPS) is 18.3. The van der Waals surface area contributed by atoms with Gasteiger partial charge in [0.15, 0.2) is 6.17 Å². The van der Waals surface area contributed by atoms with Gasteiger partial charge in [0.25, 0.3) is 5.91 Å². The lowest BCUT2D eigenvalue weighted by atomic mass is 10.0. The van der Waals surface area contributed by atoms with E-state index in [0.29, 0.717) is 5.56 Å². The largest absolute Gasteiger partial charge is 0.573 e. The molecule has 0 bridgehead atoms. The lowest BCUT2D eigenvalue weighted by molar-refractivity contribution is -0.274. The summed E-state index contributed by atoms with van der Waals surface area (Å²) in [6, 6.07) is 9.12. The van der Waals surface area contributed by atoms with Gasteiger partial charge in [0.05, 0.1) is 24.1 Å². The van der Waals surface area contributed by atoms with Gasteiger partial charge in [-0.05, 0) is 43.7 Å². The number of carbonyl (C=O) groups is 2. The molecule has 1 fully saturated rings. The van der Waals surface area contributed by atoms with Crippen LogP contribution < -0.4 is 19.9 Å². The Balaban J connectivity index is 1.60. The molecule has 1 aliphatic rings. The van der Waals surface area contributed by atoms with Crippen LogP contribution in [0.2, 0.25) is 0 Å². The molecule has 0 aliphatic carbocycles. The van der Waals surface area contributed by atoms with Crippen LogP contribution in [-0.4, -0.2) is 65.8 Å². The van der Waals surface area contributed by atoms with Crippen LogP contribution >= 0.6 is 0 Å². The minimum atomic E-state index is -4.82. The van der Waals surface area contributed by atoms with E-state index in [0.717, 1.165) is 12.1 Å². The predicted octanol–water partition coefficient (Wildman–Crippen LogP) is 3.39. The molecular weight excluding hydrogens is 500 g/mol. The Bertz CT molecular complexity index is 1100. The molecule has 8 nitrogen and oxygen atoms in total. The van der Waals surface area contributed by atoms with E-state index in [1.807, 2.05) is 0 Å². The second kappa shape index (κ2) is 11.2. The molecule has 3 N–H and O–H groups in total. The highest BCUT2D eigenvalue weighted by atomic mass is 19.4. The molecule has 0 unspecified atom stereocenters. The number of ether oxygens (including phenoxy) is 3. The van der Waals surface area contributed by atoms with Gasteiger partial charge in [-0.1, -0.05) is 12.1 Å². The molecule has 202 valence electrons. The molecule has 12 heteroatoms. The third kappa shape index (κ3) is 8.52. The van der Waals surface area contributed by atoms with Crippen molar-refractivity contribution in [2.24, 2.45) is 5.73 Å². The molecule has 0 saturated carbocycles. The van der Waals surface area contributed by atoms with Gasteiger partial charge in [-0.3, -0.25) is 9.59 Å². The number of hydrogen-bond acceptors (Lipinski definition) is 6. The summed E-state index contributed by atoms with van der Waals surface area (Å²) in [5.41, 5.74) is 4.78. The molecule has 1 heterocycles. The number of halogens is 4. The second-order valence-corrected chi connectivity index (χ2v) is 9.29. The van der Waals surface area contributed by atoms with Crippen molar-refractivity contribution in [3.8, 4) is 17.2 Å². The summed E-state index contributed by atoms with van der Waals surface area (Å²) >= 11 is 0. The number of aliphatic hydroxyl groups is 1. The van der Waals surface area contributed by atoms with Crippen molar-refractivity contribution in [1.82, 2.24) is 4.90 Å². The summed E-state index contributed by atoms with van der Waals surface area (Å²) in [5.74, 6) is -1.27. The third-order valence-electron chi connectivity index (χ3n) is 5.44. The molecule has 2 aromatic carbocycles. The predicted molar refractivity (Wildman–Crippen MR) is 124 cm³/mol. The Labute approximate surface area is 210 Å². The molecule has 2 aromatic rings. The smallest absolute Gasteiger partial charge is 0.490 e. The molecular formula is C25H28F4N2O6. The maximum Gasteiger partial charge on any atom is 0.573 e. The highest BCUT2D eigenvalue weighted by molar-refractivity contribution is 5.95. The molecule has 2 atom stereocenters. The summed E-state index contributed by atoms with van der Waals surface area (Å²) in [6.07, 6.45) is -7.37. The Morgan fingerprint density at radius 1 is 1.11 bits per heavy atom. The van der Waals surface area contributed by atoms with Gasteiger partial charge in [0, 0.05) is 19.0 Å². The molecule has 1 saturated heterocycles. The Morgan fingerprint density at radius 2 is 1.76 bits per heavy atom. The minimum absolute atomic E-state index is 0.0225. The minimum Gasteiger partial charge on any atom is -0.490 e. The zero-order chi connectivity index (χ0) is 27.4. The van der Waals surface area contributed by atoms with E-state index >= 15 is 4.39 Å². The Hall–Kier alpha value is -3.54. The second-order valence-electron chi connectivity index (χ2n) is 9.29. The standard InChI is InChI=1S/C25H28F4N2O6/c1-24(2,34)14-35-17-7-8-18(23(30)33)21(12-17)36-20-9-10-31(13-19(20)26)22(32)11-15-3-5-16(6-4-15)37-25(27,28)29/h3-8,12,19-20,34H,9-11,13-14H2,1-2H3,(H2,30,33)/t19-,20-/m0/s1. The van der Waals surface area contributed by atoms with Gasteiger partial charge in [0.1, 0.15) is 30.0 Å². The van der Waals surface area contributed by atoms with Crippen molar-refractivity contribution in [2.75, 3.05) is 19.7 Å². The molecule has 2 amide bonds. The first kappa shape index (κ1) is 28.0. The molecule has 0 aromatic heterocycles. The zero-order valence-corrected chi connectivity index (χ0v) is 20.3. The average molecular weight is 528 g/mol. The zero-order valence-electron chi connectivity index (χ0n) is 20.3. The van der Waals surface area contributed by atoms with Gasteiger partial charge in [-0.25, -0.2) is 4.39 Å². The van der Waals surface area contributed by atoms with E-state index in [4.69, 9.17) is 15.2 Å². The van der Waals surface area contributed by atoms with Crippen molar-refractivity contribution in [2.45, 2.75) is 50.9 Å². The third-order valence-corrected chi connectivity index (χ3v) is 5.44. The average Bonchev–Trinajstić information content (AvgIpc) is 2.79. The van der Waals surface area contributed by atoms with E-state index < -0.39 is 41.8 Å². The van der Waals surface area contributed by atoms with E-state index in [2.05, 4.69) is 4.74 Å². The van der Waals surface area contributed by atoms with Crippen LogP contribution in [0.1, 0.15) is 36.2 Å². The highest BCUT2D eigenvalue weighted by Gasteiger charge is 2.34. The van der Waals surface area contributed by atoms with Crippen LogP contribution in [-0.2, 0) is 11.2 Å². The van der Waals surface area contributed by atoms with Gasteiger partial charge in [-0.15, -0.1) is 13.2 Å². The van der Waals surface area contributed by atoms with Crippen LogP contribution in [0, 0.1) is 0 Å². The monoisotopic (exact) mass is 528 g/mol. The van der Waals surface area contributed by atoms with Crippen molar-refractivity contribution in [3.63, 3.8) is 0 Å². The Morgan fingerprint density at radius 3 is 2.32 bits per heavy atom. The van der Waals surface area contributed by atoms with Crippen LogP contribution in [0.4, 0.5) is 17.6 Å². The summed E-state index contributed by atoms with van der Waals surface area (Å²) < 4.78 is 67.0. The van der Waals surface area contributed by atoms with Crippen LogP contribution in [0.25, 0.3) is 0 Å².